The lowest BCUT2D eigenvalue weighted by Crippen LogP contribution is -1.82. The Hall–Kier alpha value is -0.560. The predicted octanol–water partition coefficient (Wildman–Crippen LogP) is 3.45. The van der Waals surface area contributed by atoms with Crippen LogP contribution in [0.2, 0.25) is 0 Å². The molecule has 76 valence electrons. The SMILES string of the molecule is C/C=C/C=CCCCCCCCO. The van der Waals surface area contributed by atoms with Gasteiger partial charge < -0.3 is 5.11 Å². The van der Waals surface area contributed by atoms with Gasteiger partial charge in [-0.05, 0) is 26.2 Å². The molecular formula is C12H22O. The maximum absolute atomic E-state index is 8.55. The van der Waals surface area contributed by atoms with Gasteiger partial charge in [-0.15, -0.1) is 0 Å². The second-order valence-corrected chi connectivity index (χ2v) is 3.23. The van der Waals surface area contributed by atoms with E-state index in [1.54, 1.807) is 0 Å². The average Bonchev–Trinajstić information content (AvgIpc) is 2.16. The summed E-state index contributed by atoms with van der Waals surface area (Å²) in [5.74, 6) is 0. The summed E-state index contributed by atoms with van der Waals surface area (Å²) in [6.07, 6.45) is 15.6. The van der Waals surface area contributed by atoms with Crippen molar-refractivity contribution in [3.8, 4) is 0 Å². The molecule has 0 radical (unpaired) electrons. The summed E-state index contributed by atoms with van der Waals surface area (Å²) in [7, 11) is 0. The van der Waals surface area contributed by atoms with Crippen molar-refractivity contribution in [2.24, 2.45) is 0 Å². The Labute approximate surface area is 82.2 Å². The molecule has 0 unspecified atom stereocenters. The molecule has 0 aliphatic heterocycles. The molecule has 0 aliphatic carbocycles. The molecule has 0 aromatic heterocycles. The van der Waals surface area contributed by atoms with E-state index in [-0.39, 0.29) is 0 Å². The summed E-state index contributed by atoms with van der Waals surface area (Å²) >= 11 is 0. The summed E-state index contributed by atoms with van der Waals surface area (Å²) in [6, 6.07) is 0. The Morgan fingerprint density at radius 3 is 2.31 bits per heavy atom. The monoisotopic (exact) mass is 182 g/mol. The predicted molar refractivity (Wildman–Crippen MR) is 58.7 cm³/mol. The van der Waals surface area contributed by atoms with Gasteiger partial charge in [0.1, 0.15) is 0 Å². The lowest BCUT2D eigenvalue weighted by Gasteiger charge is -1.96. The van der Waals surface area contributed by atoms with Gasteiger partial charge >= 0.3 is 0 Å². The first-order valence-electron chi connectivity index (χ1n) is 5.30. The van der Waals surface area contributed by atoms with E-state index in [0.717, 1.165) is 6.42 Å². The molecule has 0 amide bonds. The van der Waals surface area contributed by atoms with Crippen LogP contribution in [0.15, 0.2) is 24.3 Å². The van der Waals surface area contributed by atoms with Crippen molar-refractivity contribution in [3.63, 3.8) is 0 Å². The molecule has 1 nitrogen and oxygen atoms in total. The number of allylic oxidation sites excluding steroid dienone is 4. The maximum Gasteiger partial charge on any atom is 0.0431 e. The van der Waals surface area contributed by atoms with Crippen LogP contribution in [-0.2, 0) is 0 Å². The fraction of sp³-hybridized carbons (Fsp3) is 0.667. The fourth-order valence-electron chi connectivity index (χ4n) is 1.19. The number of aliphatic hydroxyl groups excluding tert-OH is 1. The highest BCUT2D eigenvalue weighted by molar-refractivity contribution is 5.00. The lowest BCUT2D eigenvalue weighted by atomic mass is 10.1. The first kappa shape index (κ1) is 12.4. The molecule has 0 spiro atoms. The zero-order valence-corrected chi connectivity index (χ0v) is 8.71. The molecule has 0 aliphatic rings. The molecule has 0 aromatic carbocycles. The summed E-state index contributed by atoms with van der Waals surface area (Å²) in [5.41, 5.74) is 0. The van der Waals surface area contributed by atoms with Crippen LogP contribution in [0.5, 0.6) is 0 Å². The standard InChI is InChI=1S/C12H22O/c1-2-3-4-5-6-7-8-9-10-11-12-13/h2-5,13H,6-12H2,1H3/b3-2+,5-4?. The second-order valence-electron chi connectivity index (χ2n) is 3.23. The number of hydrogen-bond acceptors (Lipinski definition) is 1. The number of aliphatic hydroxyl groups is 1. The van der Waals surface area contributed by atoms with Gasteiger partial charge in [0.25, 0.3) is 0 Å². The highest BCUT2D eigenvalue weighted by Crippen LogP contribution is 2.05. The van der Waals surface area contributed by atoms with Gasteiger partial charge in [-0.1, -0.05) is 43.6 Å². The molecule has 0 aromatic rings. The van der Waals surface area contributed by atoms with E-state index in [4.69, 9.17) is 5.11 Å². The van der Waals surface area contributed by atoms with E-state index in [0.29, 0.717) is 6.61 Å². The van der Waals surface area contributed by atoms with Crippen molar-refractivity contribution in [1.82, 2.24) is 0 Å². The molecule has 1 N–H and O–H groups in total. The topological polar surface area (TPSA) is 20.2 Å². The minimum absolute atomic E-state index is 0.348. The highest BCUT2D eigenvalue weighted by Gasteiger charge is 1.87. The van der Waals surface area contributed by atoms with Crippen LogP contribution in [0.25, 0.3) is 0 Å². The van der Waals surface area contributed by atoms with Crippen molar-refractivity contribution in [3.05, 3.63) is 24.3 Å². The second kappa shape index (κ2) is 11.4. The van der Waals surface area contributed by atoms with E-state index in [9.17, 15) is 0 Å². The molecule has 0 rings (SSSR count). The summed E-state index contributed by atoms with van der Waals surface area (Å²) < 4.78 is 0. The van der Waals surface area contributed by atoms with Crippen molar-refractivity contribution in [2.75, 3.05) is 6.61 Å². The number of hydrogen-bond donors (Lipinski definition) is 1. The average molecular weight is 182 g/mol. The molecule has 1 heteroatoms. The van der Waals surface area contributed by atoms with Crippen LogP contribution in [0.3, 0.4) is 0 Å². The van der Waals surface area contributed by atoms with Gasteiger partial charge in [-0.25, -0.2) is 0 Å². The molecule has 0 atom stereocenters. The Morgan fingerprint density at radius 2 is 1.62 bits per heavy atom. The van der Waals surface area contributed by atoms with Crippen LogP contribution < -0.4 is 0 Å². The van der Waals surface area contributed by atoms with E-state index in [2.05, 4.69) is 18.2 Å². The zero-order valence-electron chi connectivity index (χ0n) is 8.71. The van der Waals surface area contributed by atoms with Crippen molar-refractivity contribution in [2.45, 2.75) is 45.4 Å². The van der Waals surface area contributed by atoms with E-state index >= 15 is 0 Å². The van der Waals surface area contributed by atoms with Crippen LogP contribution >= 0.6 is 0 Å². The van der Waals surface area contributed by atoms with Crippen LogP contribution in [0, 0.1) is 0 Å². The molecule has 0 saturated carbocycles. The first-order valence-corrected chi connectivity index (χ1v) is 5.30. The number of rotatable bonds is 8. The van der Waals surface area contributed by atoms with E-state index in [1.165, 1.54) is 32.1 Å². The smallest absolute Gasteiger partial charge is 0.0431 e. The minimum Gasteiger partial charge on any atom is -0.396 e. The molecular weight excluding hydrogens is 160 g/mol. The van der Waals surface area contributed by atoms with Crippen LogP contribution in [0.4, 0.5) is 0 Å². The molecule has 0 saturated heterocycles. The Bertz CT molecular complexity index is 136. The Morgan fingerprint density at radius 1 is 0.923 bits per heavy atom. The minimum atomic E-state index is 0.348. The van der Waals surface area contributed by atoms with Gasteiger partial charge in [0.2, 0.25) is 0 Å². The van der Waals surface area contributed by atoms with Crippen molar-refractivity contribution >= 4 is 0 Å². The van der Waals surface area contributed by atoms with Gasteiger partial charge in [-0.2, -0.15) is 0 Å². The molecule has 0 heterocycles. The maximum atomic E-state index is 8.55. The van der Waals surface area contributed by atoms with E-state index in [1.807, 2.05) is 13.0 Å². The highest BCUT2D eigenvalue weighted by atomic mass is 16.2. The summed E-state index contributed by atoms with van der Waals surface area (Å²) in [4.78, 5) is 0. The summed E-state index contributed by atoms with van der Waals surface area (Å²) in [6.45, 7) is 2.38. The zero-order chi connectivity index (χ0) is 9.78. The van der Waals surface area contributed by atoms with Gasteiger partial charge in [0.15, 0.2) is 0 Å². The van der Waals surface area contributed by atoms with Gasteiger partial charge in [-0.3, -0.25) is 0 Å². The van der Waals surface area contributed by atoms with Gasteiger partial charge in [0.05, 0.1) is 0 Å². The summed E-state index contributed by atoms with van der Waals surface area (Å²) in [5, 5.41) is 8.55. The van der Waals surface area contributed by atoms with Crippen molar-refractivity contribution < 1.29 is 5.11 Å². The lowest BCUT2D eigenvalue weighted by molar-refractivity contribution is 0.282. The molecule has 0 fully saturated rings. The van der Waals surface area contributed by atoms with Crippen molar-refractivity contribution in [1.29, 1.82) is 0 Å². The Kier molecular flexibility index (Phi) is 10.9. The first-order chi connectivity index (χ1) is 6.41. The third-order valence-corrected chi connectivity index (χ3v) is 1.97. The van der Waals surface area contributed by atoms with Gasteiger partial charge in [0, 0.05) is 6.61 Å². The molecule has 13 heavy (non-hydrogen) atoms. The third kappa shape index (κ3) is 11.4. The largest absolute Gasteiger partial charge is 0.396 e. The normalized spacial score (nSPS) is 11.8. The van der Waals surface area contributed by atoms with Crippen LogP contribution in [0.1, 0.15) is 45.4 Å². The quantitative estimate of drug-likeness (QED) is 0.450. The van der Waals surface area contributed by atoms with E-state index < -0.39 is 0 Å². The van der Waals surface area contributed by atoms with Crippen LogP contribution in [-0.4, -0.2) is 11.7 Å². The third-order valence-electron chi connectivity index (χ3n) is 1.97. The fourth-order valence-corrected chi connectivity index (χ4v) is 1.19. The Balaban J connectivity index is 2.99. The molecule has 0 bridgehead atoms. The number of unbranched alkanes of at least 4 members (excludes halogenated alkanes) is 5.